The molecule has 1 N–H and O–H groups in total. The van der Waals surface area contributed by atoms with Crippen molar-refractivity contribution in [2.24, 2.45) is 0 Å². The highest BCUT2D eigenvalue weighted by Crippen LogP contribution is 2.36. The second-order valence-corrected chi connectivity index (χ2v) is 4.85. The molecule has 0 aromatic heterocycles. The Balaban J connectivity index is 2.20. The van der Waals surface area contributed by atoms with Crippen molar-refractivity contribution in [3.8, 4) is 5.75 Å². The first-order valence-electron chi connectivity index (χ1n) is 6.75. The third-order valence-corrected chi connectivity index (χ3v) is 3.57. The first-order valence-corrected chi connectivity index (χ1v) is 6.75. The van der Waals surface area contributed by atoms with E-state index in [4.69, 9.17) is 9.47 Å². The van der Waals surface area contributed by atoms with Gasteiger partial charge in [-0.25, -0.2) is 0 Å². The smallest absolute Gasteiger partial charge is 0.119 e. The average Bonchev–Trinajstić information content (AvgIpc) is 2.39. The first kappa shape index (κ1) is 13.4. The van der Waals surface area contributed by atoms with Gasteiger partial charge in [-0.15, -0.1) is 0 Å². The molecule has 0 spiro atoms. The van der Waals surface area contributed by atoms with E-state index in [1.165, 1.54) is 0 Å². The highest BCUT2D eigenvalue weighted by atomic mass is 16.5. The zero-order chi connectivity index (χ0) is 13.0. The van der Waals surface area contributed by atoms with Gasteiger partial charge in [0.2, 0.25) is 0 Å². The molecule has 18 heavy (non-hydrogen) atoms. The molecule has 1 saturated heterocycles. The molecule has 1 aliphatic rings. The third kappa shape index (κ3) is 2.85. The van der Waals surface area contributed by atoms with Gasteiger partial charge >= 0.3 is 0 Å². The van der Waals surface area contributed by atoms with E-state index < -0.39 is 5.60 Å². The highest BCUT2D eigenvalue weighted by Gasteiger charge is 2.36. The maximum atomic E-state index is 10.8. The van der Waals surface area contributed by atoms with E-state index in [-0.39, 0.29) is 6.10 Å². The lowest BCUT2D eigenvalue weighted by atomic mass is 9.83. The summed E-state index contributed by atoms with van der Waals surface area (Å²) in [4.78, 5) is 0. The number of aliphatic hydroxyl groups is 1. The van der Waals surface area contributed by atoms with Crippen LogP contribution in [0.5, 0.6) is 5.75 Å². The molecule has 1 fully saturated rings. The number of hydrogen-bond donors (Lipinski definition) is 1. The van der Waals surface area contributed by atoms with Crippen LogP contribution in [0.15, 0.2) is 24.3 Å². The van der Waals surface area contributed by atoms with E-state index in [0.29, 0.717) is 26.1 Å². The van der Waals surface area contributed by atoms with Crippen LogP contribution in [0.1, 0.15) is 38.7 Å². The summed E-state index contributed by atoms with van der Waals surface area (Å²) in [5, 5.41) is 10.8. The van der Waals surface area contributed by atoms with Gasteiger partial charge in [0.1, 0.15) is 5.75 Å². The highest BCUT2D eigenvalue weighted by molar-refractivity contribution is 5.32. The molecule has 0 saturated carbocycles. The zero-order valence-corrected chi connectivity index (χ0v) is 11.2. The largest absolute Gasteiger partial charge is 0.494 e. The fourth-order valence-corrected chi connectivity index (χ4v) is 2.50. The summed E-state index contributed by atoms with van der Waals surface area (Å²) < 4.78 is 11.1. The van der Waals surface area contributed by atoms with Crippen LogP contribution < -0.4 is 4.74 Å². The van der Waals surface area contributed by atoms with Crippen molar-refractivity contribution in [2.45, 2.75) is 44.8 Å². The van der Waals surface area contributed by atoms with E-state index in [0.717, 1.165) is 17.7 Å². The molecule has 0 amide bonds. The van der Waals surface area contributed by atoms with Gasteiger partial charge in [-0.05, 0) is 31.0 Å². The molecule has 2 unspecified atom stereocenters. The van der Waals surface area contributed by atoms with Gasteiger partial charge in [0, 0.05) is 12.8 Å². The van der Waals surface area contributed by atoms with Crippen LogP contribution in [0.3, 0.4) is 0 Å². The zero-order valence-electron chi connectivity index (χ0n) is 11.2. The maximum Gasteiger partial charge on any atom is 0.119 e. The van der Waals surface area contributed by atoms with Crippen molar-refractivity contribution < 1.29 is 14.6 Å². The molecule has 3 nitrogen and oxygen atoms in total. The minimum Gasteiger partial charge on any atom is -0.494 e. The van der Waals surface area contributed by atoms with Crippen molar-refractivity contribution in [1.82, 2.24) is 0 Å². The van der Waals surface area contributed by atoms with Gasteiger partial charge < -0.3 is 14.6 Å². The normalized spacial score (nSPS) is 28.1. The molecule has 1 aromatic carbocycles. The summed E-state index contributed by atoms with van der Waals surface area (Å²) in [5.41, 5.74) is 0.168. The van der Waals surface area contributed by atoms with Crippen molar-refractivity contribution in [3.63, 3.8) is 0 Å². The Hall–Kier alpha value is -1.06. The van der Waals surface area contributed by atoms with E-state index in [1.807, 2.05) is 31.2 Å². The number of ether oxygens (including phenoxy) is 2. The SMILES string of the molecule is CCOc1cccc(C2(O)CCOC(CC)C2)c1. The summed E-state index contributed by atoms with van der Waals surface area (Å²) in [6.45, 7) is 5.31. The second kappa shape index (κ2) is 5.72. The molecule has 1 aliphatic heterocycles. The third-order valence-electron chi connectivity index (χ3n) is 3.57. The van der Waals surface area contributed by atoms with Crippen molar-refractivity contribution in [1.29, 1.82) is 0 Å². The quantitative estimate of drug-likeness (QED) is 0.893. The standard InChI is InChI=1S/C15H22O3/c1-3-13-11-15(16,8-9-18-13)12-6-5-7-14(10-12)17-4-2/h5-7,10,13,16H,3-4,8-9,11H2,1-2H3. The van der Waals surface area contributed by atoms with Crippen LogP contribution >= 0.6 is 0 Å². The van der Waals surface area contributed by atoms with Crippen molar-refractivity contribution >= 4 is 0 Å². The summed E-state index contributed by atoms with van der Waals surface area (Å²) in [6, 6.07) is 7.78. The average molecular weight is 250 g/mol. The van der Waals surface area contributed by atoms with E-state index in [9.17, 15) is 5.11 Å². The molecule has 1 heterocycles. The summed E-state index contributed by atoms with van der Waals surface area (Å²) in [6.07, 6.45) is 2.41. The second-order valence-electron chi connectivity index (χ2n) is 4.85. The topological polar surface area (TPSA) is 38.7 Å². The molecule has 2 atom stereocenters. The molecule has 2 rings (SSSR count). The molecule has 3 heteroatoms. The predicted octanol–water partition coefficient (Wildman–Crippen LogP) is 2.86. The van der Waals surface area contributed by atoms with Gasteiger partial charge in [-0.1, -0.05) is 19.1 Å². The predicted molar refractivity (Wildman–Crippen MR) is 70.8 cm³/mol. The molecular formula is C15H22O3. The molecule has 0 aliphatic carbocycles. The fraction of sp³-hybridized carbons (Fsp3) is 0.600. The summed E-state index contributed by atoms with van der Waals surface area (Å²) in [5.74, 6) is 0.822. The van der Waals surface area contributed by atoms with Crippen LogP contribution in [-0.4, -0.2) is 24.4 Å². The fourth-order valence-electron chi connectivity index (χ4n) is 2.50. The number of rotatable bonds is 4. The minimum absolute atomic E-state index is 0.152. The Labute approximate surface area is 109 Å². The number of hydrogen-bond acceptors (Lipinski definition) is 3. The molecule has 1 aromatic rings. The Morgan fingerprint density at radius 1 is 1.44 bits per heavy atom. The Morgan fingerprint density at radius 2 is 2.28 bits per heavy atom. The molecule has 0 radical (unpaired) electrons. The van der Waals surface area contributed by atoms with Gasteiger partial charge in [-0.3, -0.25) is 0 Å². The molecule has 0 bridgehead atoms. The Bertz CT molecular complexity index is 391. The van der Waals surface area contributed by atoms with Crippen LogP contribution in [-0.2, 0) is 10.3 Å². The van der Waals surface area contributed by atoms with Crippen molar-refractivity contribution in [2.75, 3.05) is 13.2 Å². The molecular weight excluding hydrogens is 228 g/mol. The van der Waals surface area contributed by atoms with E-state index >= 15 is 0 Å². The summed E-state index contributed by atoms with van der Waals surface area (Å²) in [7, 11) is 0. The first-order chi connectivity index (χ1) is 8.68. The van der Waals surface area contributed by atoms with Gasteiger partial charge in [0.05, 0.1) is 24.9 Å². The van der Waals surface area contributed by atoms with Gasteiger partial charge in [0.25, 0.3) is 0 Å². The van der Waals surface area contributed by atoms with Crippen molar-refractivity contribution in [3.05, 3.63) is 29.8 Å². The maximum absolute atomic E-state index is 10.8. The van der Waals surface area contributed by atoms with Crippen LogP contribution in [0, 0.1) is 0 Å². The van der Waals surface area contributed by atoms with Crippen LogP contribution in [0.2, 0.25) is 0 Å². The van der Waals surface area contributed by atoms with Gasteiger partial charge in [-0.2, -0.15) is 0 Å². The molecule has 100 valence electrons. The summed E-state index contributed by atoms with van der Waals surface area (Å²) >= 11 is 0. The Morgan fingerprint density at radius 3 is 3.00 bits per heavy atom. The lowest BCUT2D eigenvalue weighted by molar-refractivity contribution is -0.108. The van der Waals surface area contributed by atoms with Crippen LogP contribution in [0.4, 0.5) is 0 Å². The lowest BCUT2D eigenvalue weighted by Gasteiger charge is -2.37. The van der Waals surface area contributed by atoms with Gasteiger partial charge in [0.15, 0.2) is 0 Å². The minimum atomic E-state index is -0.772. The lowest BCUT2D eigenvalue weighted by Crippen LogP contribution is -2.38. The Kier molecular flexibility index (Phi) is 4.25. The van der Waals surface area contributed by atoms with Crippen LogP contribution in [0.25, 0.3) is 0 Å². The van der Waals surface area contributed by atoms with E-state index in [1.54, 1.807) is 0 Å². The monoisotopic (exact) mass is 250 g/mol. The number of benzene rings is 1. The van der Waals surface area contributed by atoms with E-state index in [2.05, 4.69) is 6.92 Å².